The van der Waals surface area contributed by atoms with Crippen molar-refractivity contribution in [2.75, 3.05) is 6.61 Å². The molecular formula is C22H32O2. The van der Waals surface area contributed by atoms with Gasteiger partial charge in [-0.1, -0.05) is 19.4 Å². The largest absolute Gasteiger partial charge is 0.374 e. The van der Waals surface area contributed by atoms with E-state index in [-0.39, 0.29) is 5.60 Å². The molecule has 5 aliphatic rings. The molecule has 132 valence electrons. The van der Waals surface area contributed by atoms with Gasteiger partial charge >= 0.3 is 0 Å². The van der Waals surface area contributed by atoms with Gasteiger partial charge in [-0.25, -0.2) is 0 Å². The maximum atomic E-state index is 11.9. The summed E-state index contributed by atoms with van der Waals surface area (Å²) < 4.78 is 6.45. The van der Waals surface area contributed by atoms with E-state index in [1.54, 1.807) is 0 Å². The molecule has 0 aromatic rings. The Morgan fingerprint density at radius 2 is 2.04 bits per heavy atom. The van der Waals surface area contributed by atoms with Gasteiger partial charge < -0.3 is 4.74 Å². The van der Waals surface area contributed by atoms with Crippen LogP contribution in [0.25, 0.3) is 0 Å². The zero-order valence-corrected chi connectivity index (χ0v) is 15.4. The molecule has 5 rings (SSSR count). The lowest BCUT2D eigenvalue weighted by molar-refractivity contribution is -0.135. The number of hydrogen-bond donors (Lipinski definition) is 0. The van der Waals surface area contributed by atoms with Crippen LogP contribution in [-0.4, -0.2) is 18.0 Å². The van der Waals surface area contributed by atoms with Gasteiger partial charge in [-0.3, -0.25) is 4.79 Å². The van der Waals surface area contributed by atoms with E-state index < -0.39 is 0 Å². The van der Waals surface area contributed by atoms with Crippen molar-refractivity contribution in [3.63, 3.8) is 0 Å². The molecule has 24 heavy (non-hydrogen) atoms. The van der Waals surface area contributed by atoms with Crippen molar-refractivity contribution in [2.24, 2.45) is 35.0 Å². The summed E-state index contributed by atoms with van der Waals surface area (Å²) in [6, 6.07) is 0. The monoisotopic (exact) mass is 328 g/mol. The first-order valence-corrected chi connectivity index (χ1v) is 10.4. The lowest BCUT2D eigenvalue weighted by Gasteiger charge is -2.57. The highest BCUT2D eigenvalue weighted by atomic mass is 16.5. The zero-order valence-electron chi connectivity index (χ0n) is 15.4. The van der Waals surface area contributed by atoms with Gasteiger partial charge in [0.2, 0.25) is 0 Å². The second kappa shape index (κ2) is 5.19. The van der Waals surface area contributed by atoms with Crippen LogP contribution in [0.4, 0.5) is 0 Å². The van der Waals surface area contributed by atoms with Crippen molar-refractivity contribution in [1.82, 2.24) is 0 Å². The fraction of sp³-hybridized carbons (Fsp3) is 0.864. The molecule has 7 atom stereocenters. The van der Waals surface area contributed by atoms with E-state index in [4.69, 9.17) is 4.74 Å². The van der Waals surface area contributed by atoms with E-state index in [0.717, 1.165) is 49.0 Å². The van der Waals surface area contributed by atoms with Gasteiger partial charge in [0.05, 0.1) is 5.60 Å². The molecule has 2 nitrogen and oxygen atoms in total. The molecule has 0 aromatic heterocycles. The summed E-state index contributed by atoms with van der Waals surface area (Å²) in [5.74, 6) is 4.39. The summed E-state index contributed by atoms with van der Waals surface area (Å²) >= 11 is 0. The predicted octanol–water partition coefficient (Wildman–Crippen LogP) is 4.92. The number of fused-ring (bicyclic) bond motifs is 6. The zero-order chi connectivity index (χ0) is 16.5. The number of carbonyl (C=O) groups is 1. The second-order valence-corrected chi connectivity index (χ2v) is 9.80. The Hall–Kier alpha value is -0.630. The minimum atomic E-state index is 0.209. The molecule has 1 aliphatic heterocycles. The minimum absolute atomic E-state index is 0.209. The summed E-state index contributed by atoms with van der Waals surface area (Å²) in [7, 11) is 0. The highest BCUT2D eigenvalue weighted by Gasteiger charge is 2.64. The summed E-state index contributed by atoms with van der Waals surface area (Å²) in [4.78, 5) is 11.9. The number of hydrogen-bond acceptors (Lipinski definition) is 2. The van der Waals surface area contributed by atoms with Crippen molar-refractivity contribution >= 4 is 5.78 Å². The van der Waals surface area contributed by atoms with Gasteiger partial charge in [0.15, 0.2) is 5.78 Å². The number of allylic oxidation sites excluding steroid dienone is 1. The molecule has 0 bridgehead atoms. The first kappa shape index (κ1) is 15.6. The maximum absolute atomic E-state index is 11.9. The molecule has 1 saturated heterocycles. The van der Waals surface area contributed by atoms with Crippen molar-refractivity contribution in [2.45, 2.75) is 77.2 Å². The molecule has 4 fully saturated rings. The quantitative estimate of drug-likeness (QED) is 0.630. The Morgan fingerprint density at radius 1 is 1.17 bits per heavy atom. The Balaban J connectivity index is 1.49. The van der Waals surface area contributed by atoms with E-state index in [0.29, 0.717) is 11.2 Å². The molecule has 4 aliphatic carbocycles. The highest BCUT2D eigenvalue weighted by molar-refractivity contribution is 5.91. The number of carbonyl (C=O) groups excluding carboxylic acids is 1. The molecule has 1 spiro atoms. The Bertz CT molecular complexity index is 585. The lowest BCUT2D eigenvalue weighted by atomic mass is 9.48. The van der Waals surface area contributed by atoms with Crippen LogP contribution < -0.4 is 0 Å². The van der Waals surface area contributed by atoms with E-state index in [1.807, 2.05) is 6.08 Å². The van der Waals surface area contributed by atoms with Gasteiger partial charge in [-0.15, -0.1) is 0 Å². The fourth-order valence-corrected chi connectivity index (χ4v) is 8.03. The summed E-state index contributed by atoms with van der Waals surface area (Å²) in [6.07, 6.45) is 13.1. The number of ketones is 1. The highest BCUT2D eigenvalue weighted by Crippen LogP contribution is 2.68. The molecule has 2 heteroatoms. The maximum Gasteiger partial charge on any atom is 0.155 e. The van der Waals surface area contributed by atoms with Gasteiger partial charge in [0, 0.05) is 13.0 Å². The first-order chi connectivity index (χ1) is 11.5. The van der Waals surface area contributed by atoms with Crippen LogP contribution in [0.2, 0.25) is 0 Å². The summed E-state index contributed by atoms with van der Waals surface area (Å²) in [6.45, 7) is 6.04. The van der Waals surface area contributed by atoms with Crippen molar-refractivity contribution in [3.8, 4) is 0 Å². The molecule has 0 aromatic carbocycles. The fourth-order valence-electron chi connectivity index (χ4n) is 8.03. The Labute approximate surface area is 146 Å². The van der Waals surface area contributed by atoms with E-state index in [1.165, 1.54) is 50.5 Å². The van der Waals surface area contributed by atoms with E-state index >= 15 is 0 Å². The van der Waals surface area contributed by atoms with Crippen LogP contribution in [-0.2, 0) is 9.53 Å². The van der Waals surface area contributed by atoms with Crippen molar-refractivity contribution < 1.29 is 9.53 Å². The van der Waals surface area contributed by atoms with Crippen LogP contribution in [0, 0.1) is 35.0 Å². The molecule has 1 heterocycles. The number of rotatable bonds is 0. The van der Waals surface area contributed by atoms with Crippen LogP contribution in [0.1, 0.15) is 71.6 Å². The molecule has 0 N–H and O–H groups in total. The normalized spacial score (nSPS) is 53.5. The third-order valence-electron chi connectivity index (χ3n) is 9.03. The van der Waals surface area contributed by atoms with Crippen LogP contribution in [0.3, 0.4) is 0 Å². The number of ether oxygens (including phenoxy) is 1. The van der Waals surface area contributed by atoms with E-state index in [2.05, 4.69) is 13.8 Å². The van der Waals surface area contributed by atoms with Crippen LogP contribution in [0.15, 0.2) is 11.6 Å². The third kappa shape index (κ3) is 1.90. The van der Waals surface area contributed by atoms with Gasteiger partial charge in [0.1, 0.15) is 0 Å². The summed E-state index contributed by atoms with van der Waals surface area (Å²) in [5, 5.41) is 0. The average molecular weight is 328 g/mol. The smallest absolute Gasteiger partial charge is 0.155 e. The lowest BCUT2D eigenvalue weighted by Crippen LogP contribution is -2.54. The third-order valence-corrected chi connectivity index (χ3v) is 9.03. The van der Waals surface area contributed by atoms with Gasteiger partial charge in [-0.05, 0) is 92.4 Å². The summed E-state index contributed by atoms with van der Waals surface area (Å²) in [5.41, 5.74) is 2.12. The predicted molar refractivity (Wildman–Crippen MR) is 94.6 cm³/mol. The van der Waals surface area contributed by atoms with Crippen LogP contribution in [0.5, 0.6) is 0 Å². The Morgan fingerprint density at radius 3 is 2.83 bits per heavy atom. The van der Waals surface area contributed by atoms with Crippen molar-refractivity contribution in [1.29, 1.82) is 0 Å². The van der Waals surface area contributed by atoms with Crippen molar-refractivity contribution in [3.05, 3.63) is 11.6 Å². The Kier molecular flexibility index (Phi) is 3.38. The van der Waals surface area contributed by atoms with E-state index in [9.17, 15) is 4.79 Å². The molecule has 0 radical (unpaired) electrons. The second-order valence-electron chi connectivity index (χ2n) is 9.80. The van der Waals surface area contributed by atoms with Crippen LogP contribution >= 0.6 is 0 Å². The molecule has 4 unspecified atom stereocenters. The molecule has 0 amide bonds. The molecular weight excluding hydrogens is 296 g/mol. The van der Waals surface area contributed by atoms with Gasteiger partial charge in [0.25, 0.3) is 0 Å². The standard InChI is InChI=1S/C22H32O2/c1-14-12-15-13-16(23)4-5-17(15)18-6-9-21(2)19(20(14)18)7-10-22(21)8-3-11-24-22/h13-14,17-20H,3-12H2,1-2H3/t14?,17-,18?,19?,20?,21-,22-/m0/s1. The first-order valence-electron chi connectivity index (χ1n) is 10.4. The SMILES string of the molecule is CC1CC2=CC(=O)CC[C@@H]2C2CC[C@@]3(C)C(CC[C@@]34CCCO4)C12. The van der Waals surface area contributed by atoms with Gasteiger partial charge in [-0.2, -0.15) is 0 Å². The topological polar surface area (TPSA) is 26.3 Å². The average Bonchev–Trinajstić information content (AvgIpc) is 3.14. The minimum Gasteiger partial charge on any atom is -0.374 e. The molecule has 3 saturated carbocycles.